The van der Waals surface area contributed by atoms with Gasteiger partial charge in [-0.05, 0) is 39.0 Å². The molecule has 1 saturated heterocycles. The van der Waals surface area contributed by atoms with Gasteiger partial charge in [-0.2, -0.15) is 0 Å². The van der Waals surface area contributed by atoms with Crippen molar-refractivity contribution in [1.82, 2.24) is 4.90 Å². The standard InChI is InChI=1S/C16H24BNO5/c1-4-12-13(23-16(2,3)18(12)15(17)22)8-9-7-10(19)5-6-11(9)14(20)21/h9,11-13H,4-8H2,1-3H3,(H,20,21). The number of hydrogen-bond acceptors (Lipinski definition) is 4. The summed E-state index contributed by atoms with van der Waals surface area (Å²) in [5, 5.41) is 9.40. The van der Waals surface area contributed by atoms with Crippen molar-refractivity contribution in [3.05, 3.63) is 0 Å². The number of aliphatic carboxylic acids is 1. The molecule has 2 aliphatic rings. The molecule has 1 heterocycles. The third-order valence-electron chi connectivity index (χ3n) is 5.08. The van der Waals surface area contributed by atoms with Gasteiger partial charge in [0.25, 0.3) is 0 Å². The number of hydrogen-bond donors (Lipinski definition) is 1. The lowest BCUT2D eigenvalue weighted by molar-refractivity contribution is -0.147. The minimum atomic E-state index is -0.862. The molecule has 0 aromatic carbocycles. The number of ketones is 1. The van der Waals surface area contributed by atoms with Gasteiger partial charge in [0, 0.05) is 12.8 Å². The Labute approximate surface area is 138 Å². The fourth-order valence-corrected chi connectivity index (χ4v) is 4.11. The van der Waals surface area contributed by atoms with Gasteiger partial charge in [0.15, 0.2) is 5.81 Å². The number of nitrogens with zero attached hydrogens (tertiary/aromatic N) is 1. The van der Waals surface area contributed by atoms with E-state index in [1.807, 2.05) is 6.92 Å². The monoisotopic (exact) mass is 321 g/mol. The third kappa shape index (κ3) is 3.60. The molecular weight excluding hydrogens is 297 g/mol. The minimum Gasteiger partial charge on any atom is -0.481 e. The summed E-state index contributed by atoms with van der Waals surface area (Å²) in [6.45, 7) is 5.50. The average molecular weight is 321 g/mol. The summed E-state index contributed by atoms with van der Waals surface area (Å²) >= 11 is 0. The van der Waals surface area contributed by atoms with Gasteiger partial charge in [-0.1, -0.05) is 6.92 Å². The first-order valence-corrected chi connectivity index (χ1v) is 8.18. The highest BCUT2D eigenvalue weighted by atomic mass is 16.5. The SMILES string of the molecule is [B]C(=O)N1C(CC)C(CC2CC(=O)CCC2C(=O)O)OC1(C)C. The predicted molar refractivity (Wildman–Crippen MR) is 84.1 cm³/mol. The van der Waals surface area contributed by atoms with Gasteiger partial charge in [-0.3, -0.25) is 14.4 Å². The Hall–Kier alpha value is -1.37. The third-order valence-corrected chi connectivity index (χ3v) is 5.08. The first-order chi connectivity index (χ1) is 10.7. The maximum atomic E-state index is 11.8. The highest BCUT2D eigenvalue weighted by Gasteiger charge is 2.49. The quantitative estimate of drug-likeness (QED) is 0.800. The van der Waals surface area contributed by atoms with Crippen molar-refractivity contribution in [3.63, 3.8) is 0 Å². The molecule has 23 heavy (non-hydrogen) atoms. The smallest absolute Gasteiger partial charge is 0.306 e. The van der Waals surface area contributed by atoms with Crippen molar-refractivity contribution in [2.45, 2.75) is 70.7 Å². The van der Waals surface area contributed by atoms with E-state index in [0.29, 0.717) is 25.7 Å². The van der Waals surface area contributed by atoms with Crippen molar-refractivity contribution in [1.29, 1.82) is 0 Å². The van der Waals surface area contributed by atoms with Crippen LogP contribution in [0.4, 0.5) is 4.79 Å². The fraction of sp³-hybridized carbons (Fsp3) is 0.812. The largest absolute Gasteiger partial charge is 0.481 e. The van der Waals surface area contributed by atoms with Crippen molar-refractivity contribution < 1.29 is 24.2 Å². The van der Waals surface area contributed by atoms with Crippen LogP contribution < -0.4 is 0 Å². The summed E-state index contributed by atoms with van der Waals surface area (Å²) in [5.41, 5.74) is -0.825. The first kappa shape index (κ1) is 18.0. The molecule has 0 spiro atoms. The van der Waals surface area contributed by atoms with Crippen LogP contribution in [0, 0.1) is 11.8 Å². The zero-order chi connectivity index (χ0) is 17.4. The molecule has 2 rings (SSSR count). The van der Waals surface area contributed by atoms with Gasteiger partial charge in [0.05, 0.1) is 18.1 Å². The van der Waals surface area contributed by atoms with Crippen LogP contribution in [0.3, 0.4) is 0 Å². The summed E-state index contributed by atoms with van der Waals surface area (Å²) in [6, 6.07) is -0.200. The summed E-state index contributed by atoms with van der Waals surface area (Å²) in [4.78, 5) is 36.5. The molecule has 0 bridgehead atoms. The molecule has 1 amide bonds. The topological polar surface area (TPSA) is 83.9 Å². The number of carbonyl (C=O) groups excluding carboxylic acids is 2. The minimum absolute atomic E-state index is 0.101. The second-order valence-electron chi connectivity index (χ2n) is 7.01. The van der Waals surface area contributed by atoms with Crippen LogP contribution in [0.25, 0.3) is 0 Å². The molecule has 0 aromatic heterocycles. The molecule has 2 fully saturated rings. The molecule has 4 atom stereocenters. The van der Waals surface area contributed by atoms with Crippen molar-refractivity contribution in [3.8, 4) is 0 Å². The van der Waals surface area contributed by atoms with E-state index in [2.05, 4.69) is 0 Å². The predicted octanol–water partition coefficient (Wildman–Crippen LogP) is 1.95. The van der Waals surface area contributed by atoms with Crippen LogP contribution in [-0.2, 0) is 14.3 Å². The zero-order valence-corrected chi connectivity index (χ0v) is 13.9. The number of ether oxygens (including phenoxy) is 1. The molecule has 0 aromatic rings. The Morgan fingerprint density at radius 2 is 2.09 bits per heavy atom. The van der Waals surface area contributed by atoms with Crippen LogP contribution in [0.1, 0.15) is 52.9 Å². The normalized spacial score (nSPS) is 33.7. The number of carbonyl (C=O) groups is 3. The Bertz CT molecular complexity index is 507. The number of carboxylic acids is 1. The Morgan fingerprint density at radius 1 is 1.43 bits per heavy atom. The van der Waals surface area contributed by atoms with Gasteiger partial charge in [0.2, 0.25) is 7.85 Å². The molecule has 1 N–H and O–H groups in total. The lowest BCUT2D eigenvalue weighted by Gasteiger charge is -2.33. The molecule has 1 aliphatic carbocycles. The molecular formula is C16H24BNO5. The molecule has 4 unspecified atom stereocenters. The van der Waals surface area contributed by atoms with Crippen LogP contribution >= 0.6 is 0 Å². The van der Waals surface area contributed by atoms with E-state index in [1.54, 1.807) is 13.8 Å². The van der Waals surface area contributed by atoms with Crippen molar-refractivity contribution >= 4 is 25.4 Å². The second-order valence-corrected chi connectivity index (χ2v) is 7.01. The summed E-state index contributed by atoms with van der Waals surface area (Å²) in [5.74, 6) is -2.08. The van der Waals surface area contributed by atoms with Crippen LogP contribution in [0.15, 0.2) is 0 Å². The Kier molecular flexibility index (Phi) is 5.18. The maximum absolute atomic E-state index is 11.8. The van der Waals surface area contributed by atoms with Gasteiger partial charge in [-0.15, -0.1) is 0 Å². The number of Topliss-reactive ketones (excluding diaryl/α,β-unsaturated/α-hetero) is 1. The van der Waals surface area contributed by atoms with Gasteiger partial charge < -0.3 is 14.7 Å². The molecule has 1 aliphatic heterocycles. The van der Waals surface area contributed by atoms with Crippen LogP contribution in [0.5, 0.6) is 0 Å². The summed E-state index contributed by atoms with van der Waals surface area (Å²) in [6.07, 6.45) is 1.79. The first-order valence-electron chi connectivity index (χ1n) is 8.18. The van der Waals surface area contributed by atoms with E-state index in [-0.39, 0.29) is 30.3 Å². The fourth-order valence-electron chi connectivity index (χ4n) is 4.11. The highest BCUT2D eigenvalue weighted by Crippen LogP contribution is 2.40. The van der Waals surface area contributed by atoms with E-state index in [0.717, 1.165) is 0 Å². The molecule has 2 radical (unpaired) electrons. The zero-order valence-electron chi connectivity index (χ0n) is 13.9. The van der Waals surface area contributed by atoms with Gasteiger partial charge in [-0.25, -0.2) is 0 Å². The number of amides is 1. The van der Waals surface area contributed by atoms with Crippen LogP contribution in [0.2, 0.25) is 0 Å². The molecule has 126 valence electrons. The van der Waals surface area contributed by atoms with Gasteiger partial charge >= 0.3 is 5.97 Å². The van der Waals surface area contributed by atoms with Crippen LogP contribution in [-0.4, -0.2) is 53.3 Å². The number of carboxylic acid groups (broad SMARTS) is 1. The van der Waals surface area contributed by atoms with Crippen molar-refractivity contribution in [2.24, 2.45) is 11.8 Å². The average Bonchev–Trinajstić information content (AvgIpc) is 2.68. The van der Waals surface area contributed by atoms with E-state index >= 15 is 0 Å². The lowest BCUT2D eigenvalue weighted by atomic mass is 9.75. The molecule has 6 nitrogen and oxygen atoms in total. The second kappa shape index (κ2) is 6.63. The van der Waals surface area contributed by atoms with E-state index in [1.165, 1.54) is 4.90 Å². The van der Waals surface area contributed by atoms with E-state index in [4.69, 9.17) is 12.6 Å². The Balaban J connectivity index is 2.18. The van der Waals surface area contributed by atoms with E-state index < -0.39 is 23.4 Å². The maximum Gasteiger partial charge on any atom is 0.306 e. The highest BCUT2D eigenvalue weighted by molar-refractivity contribution is 6.57. The van der Waals surface area contributed by atoms with E-state index in [9.17, 15) is 19.5 Å². The summed E-state index contributed by atoms with van der Waals surface area (Å²) in [7, 11) is 5.49. The molecule has 7 heteroatoms. The van der Waals surface area contributed by atoms with Crippen molar-refractivity contribution in [2.75, 3.05) is 0 Å². The van der Waals surface area contributed by atoms with Gasteiger partial charge in [0.1, 0.15) is 11.5 Å². The molecule has 1 saturated carbocycles. The number of rotatable bonds is 4. The Morgan fingerprint density at radius 3 is 2.61 bits per heavy atom. The lowest BCUT2D eigenvalue weighted by Crippen LogP contribution is -2.47. The summed E-state index contributed by atoms with van der Waals surface area (Å²) < 4.78 is 6.01.